The minimum Gasteiger partial charge on any atom is -0.490 e. The first-order chi connectivity index (χ1) is 15.9. The van der Waals surface area contributed by atoms with Crippen molar-refractivity contribution in [3.05, 3.63) is 71.6 Å². The Morgan fingerprint density at radius 2 is 1.85 bits per heavy atom. The molecule has 1 aromatic heterocycles. The normalized spacial score (nSPS) is 10.7. The lowest BCUT2D eigenvalue weighted by Crippen LogP contribution is -2.15. The fourth-order valence-electron chi connectivity index (χ4n) is 3.18. The Bertz CT molecular complexity index is 1130. The molecule has 0 saturated heterocycles. The van der Waals surface area contributed by atoms with Crippen molar-refractivity contribution in [1.29, 1.82) is 0 Å². The summed E-state index contributed by atoms with van der Waals surface area (Å²) >= 11 is 1.33. The number of allylic oxidation sites excluding steroid dienone is 1. The van der Waals surface area contributed by atoms with E-state index in [0.717, 1.165) is 22.4 Å². The van der Waals surface area contributed by atoms with Gasteiger partial charge in [0.25, 0.3) is 0 Å². The van der Waals surface area contributed by atoms with Gasteiger partial charge in [0.2, 0.25) is 5.91 Å². The van der Waals surface area contributed by atoms with Crippen molar-refractivity contribution in [2.75, 3.05) is 17.7 Å². The van der Waals surface area contributed by atoms with E-state index < -0.39 is 0 Å². The number of carbonyl (C=O) groups excluding carboxylic acids is 1. The van der Waals surface area contributed by atoms with E-state index in [0.29, 0.717) is 35.6 Å². The van der Waals surface area contributed by atoms with Crippen LogP contribution in [0.15, 0.2) is 54.2 Å². The monoisotopic (exact) mass is 466 g/mol. The summed E-state index contributed by atoms with van der Waals surface area (Å²) in [4.78, 5) is 12.5. The Hall–Kier alpha value is -3.26. The first-order valence-electron chi connectivity index (χ1n) is 10.8. The molecule has 1 heterocycles. The lowest BCUT2D eigenvalue weighted by atomic mass is 10.1. The fourth-order valence-corrected chi connectivity index (χ4v) is 3.94. The van der Waals surface area contributed by atoms with Crippen molar-refractivity contribution >= 4 is 23.4 Å². The summed E-state index contributed by atoms with van der Waals surface area (Å²) in [6, 6.07) is 11.8. The van der Waals surface area contributed by atoms with E-state index in [2.05, 4.69) is 22.1 Å². The summed E-state index contributed by atoms with van der Waals surface area (Å²) in [5.41, 5.74) is 4.04. The van der Waals surface area contributed by atoms with Crippen LogP contribution in [0.4, 0.5) is 5.69 Å². The SMILES string of the molecule is C=CCn1c(COc2ccc(C)cc2OCC)nnc1SCC(=O)Nc1cc(C)ccc1C. The van der Waals surface area contributed by atoms with Gasteiger partial charge in [-0.1, -0.05) is 36.0 Å². The van der Waals surface area contributed by atoms with Gasteiger partial charge >= 0.3 is 0 Å². The van der Waals surface area contributed by atoms with E-state index in [1.165, 1.54) is 11.8 Å². The topological polar surface area (TPSA) is 78.3 Å². The summed E-state index contributed by atoms with van der Waals surface area (Å²) in [6.45, 7) is 13.0. The smallest absolute Gasteiger partial charge is 0.234 e. The summed E-state index contributed by atoms with van der Waals surface area (Å²) in [5, 5.41) is 12.2. The fraction of sp³-hybridized carbons (Fsp3) is 0.320. The molecule has 8 heteroatoms. The second-order valence-corrected chi connectivity index (χ2v) is 8.57. The number of amides is 1. The molecule has 3 aromatic rings. The molecule has 0 aliphatic heterocycles. The first-order valence-corrected chi connectivity index (χ1v) is 11.8. The molecule has 0 saturated carbocycles. The number of benzene rings is 2. The molecule has 0 aliphatic rings. The van der Waals surface area contributed by atoms with E-state index in [1.54, 1.807) is 6.08 Å². The maximum atomic E-state index is 12.5. The molecule has 0 aliphatic carbocycles. The second-order valence-electron chi connectivity index (χ2n) is 7.63. The molecular weight excluding hydrogens is 436 g/mol. The zero-order chi connectivity index (χ0) is 23.8. The number of rotatable bonds is 11. The van der Waals surface area contributed by atoms with Gasteiger partial charge in [-0.05, 0) is 62.6 Å². The average molecular weight is 467 g/mol. The van der Waals surface area contributed by atoms with E-state index >= 15 is 0 Å². The van der Waals surface area contributed by atoms with E-state index in [1.807, 2.05) is 68.7 Å². The minimum atomic E-state index is -0.0966. The van der Waals surface area contributed by atoms with Gasteiger partial charge in [0.05, 0.1) is 12.4 Å². The number of ether oxygens (including phenoxy) is 2. The number of nitrogens with one attached hydrogen (secondary N) is 1. The number of aryl methyl sites for hydroxylation is 3. The number of hydrogen-bond acceptors (Lipinski definition) is 6. The average Bonchev–Trinajstić information content (AvgIpc) is 3.16. The first kappa shape index (κ1) is 24.4. The van der Waals surface area contributed by atoms with Crippen LogP contribution in [-0.4, -0.2) is 33.0 Å². The highest BCUT2D eigenvalue weighted by Crippen LogP contribution is 2.29. The standard InChI is InChI=1S/C25H30N4O3S/c1-6-12-29-23(15-32-21-11-9-18(4)14-22(21)31-7-2)27-28-25(29)33-16-24(30)26-20-13-17(3)8-10-19(20)5/h6,8-11,13-14H,1,7,12,15-16H2,2-5H3,(H,26,30). The Morgan fingerprint density at radius 3 is 2.61 bits per heavy atom. The lowest BCUT2D eigenvalue weighted by molar-refractivity contribution is -0.113. The third kappa shape index (κ3) is 6.61. The molecule has 33 heavy (non-hydrogen) atoms. The summed E-state index contributed by atoms with van der Waals surface area (Å²) < 4.78 is 13.6. The molecule has 0 radical (unpaired) electrons. The number of anilines is 1. The van der Waals surface area contributed by atoms with Crippen LogP contribution in [0.25, 0.3) is 0 Å². The number of nitrogens with zero attached hydrogens (tertiary/aromatic N) is 3. The molecule has 0 spiro atoms. The predicted molar refractivity (Wildman–Crippen MR) is 132 cm³/mol. The third-order valence-corrected chi connectivity index (χ3v) is 5.83. The molecule has 0 unspecified atom stereocenters. The third-order valence-electron chi connectivity index (χ3n) is 4.86. The van der Waals surface area contributed by atoms with Gasteiger partial charge in [-0.3, -0.25) is 9.36 Å². The van der Waals surface area contributed by atoms with Crippen LogP contribution >= 0.6 is 11.8 Å². The van der Waals surface area contributed by atoms with Crippen molar-refractivity contribution in [1.82, 2.24) is 14.8 Å². The summed E-state index contributed by atoms with van der Waals surface area (Å²) in [7, 11) is 0. The van der Waals surface area contributed by atoms with Crippen molar-refractivity contribution in [2.45, 2.75) is 46.0 Å². The van der Waals surface area contributed by atoms with Gasteiger partial charge in [0.1, 0.15) is 6.61 Å². The molecule has 174 valence electrons. The number of hydrogen-bond donors (Lipinski definition) is 1. The number of thioether (sulfide) groups is 1. The van der Waals surface area contributed by atoms with Crippen LogP contribution in [0.3, 0.4) is 0 Å². The zero-order valence-corrected chi connectivity index (χ0v) is 20.4. The van der Waals surface area contributed by atoms with Crippen LogP contribution in [0, 0.1) is 20.8 Å². The van der Waals surface area contributed by atoms with Crippen molar-refractivity contribution in [3.63, 3.8) is 0 Å². The van der Waals surface area contributed by atoms with Crippen LogP contribution in [0.1, 0.15) is 29.4 Å². The highest BCUT2D eigenvalue weighted by molar-refractivity contribution is 7.99. The van der Waals surface area contributed by atoms with Crippen molar-refractivity contribution < 1.29 is 14.3 Å². The highest BCUT2D eigenvalue weighted by atomic mass is 32.2. The molecular formula is C25H30N4O3S. The maximum absolute atomic E-state index is 12.5. The Balaban J connectivity index is 1.66. The van der Waals surface area contributed by atoms with Crippen molar-refractivity contribution in [3.8, 4) is 11.5 Å². The Morgan fingerprint density at radius 1 is 1.09 bits per heavy atom. The second kappa shape index (κ2) is 11.6. The zero-order valence-electron chi connectivity index (χ0n) is 19.6. The van der Waals surface area contributed by atoms with Gasteiger partial charge in [-0.15, -0.1) is 16.8 Å². The predicted octanol–water partition coefficient (Wildman–Crippen LogP) is 5.10. The quantitative estimate of drug-likeness (QED) is 0.313. The molecule has 7 nitrogen and oxygen atoms in total. The minimum absolute atomic E-state index is 0.0966. The van der Waals surface area contributed by atoms with Gasteiger partial charge in [0, 0.05) is 12.2 Å². The highest BCUT2D eigenvalue weighted by Gasteiger charge is 2.15. The van der Waals surface area contributed by atoms with E-state index in [4.69, 9.17) is 9.47 Å². The molecule has 3 rings (SSSR count). The van der Waals surface area contributed by atoms with E-state index in [9.17, 15) is 4.79 Å². The van der Waals surface area contributed by atoms with Crippen LogP contribution < -0.4 is 14.8 Å². The summed E-state index contributed by atoms with van der Waals surface area (Å²) in [6.07, 6.45) is 1.77. The Kier molecular flexibility index (Phi) is 8.54. The molecule has 2 aromatic carbocycles. The van der Waals surface area contributed by atoms with Crippen LogP contribution in [0.5, 0.6) is 11.5 Å². The largest absolute Gasteiger partial charge is 0.490 e. The molecule has 0 atom stereocenters. The van der Waals surface area contributed by atoms with Gasteiger partial charge in [-0.2, -0.15) is 0 Å². The number of carbonyl (C=O) groups is 1. The molecule has 1 amide bonds. The Labute approximate surface area is 199 Å². The van der Waals surface area contributed by atoms with Crippen molar-refractivity contribution in [2.24, 2.45) is 0 Å². The molecule has 0 bridgehead atoms. The lowest BCUT2D eigenvalue weighted by Gasteiger charge is -2.13. The van der Waals surface area contributed by atoms with E-state index in [-0.39, 0.29) is 18.3 Å². The summed E-state index contributed by atoms with van der Waals surface area (Å²) in [5.74, 6) is 2.12. The molecule has 1 N–H and O–H groups in total. The maximum Gasteiger partial charge on any atom is 0.234 e. The van der Waals surface area contributed by atoms with Gasteiger partial charge in [0.15, 0.2) is 22.5 Å². The van der Waals surface area contributed by atoms with Gasteiger partial charge in [-0.25, -0.2) is 0 Å². The molecule has 0 fully saturated rings. The number of aromatic nitrogens is 3. The van der Waals surface area contributed by atoms with Gasteiger partial charge < -0.3 is 14.8 Å². The van der Waals surface area contributed by atoms with Crippen LogP contribution in [0.2, 0.25) is 0 Å². The van der Waals surface area contributed by atoms with Crippen LogP contribution in [-0.2, 0) is 17.9 Å².